The highest BCUT2D eigenvalue weighted by Gasteiger charge is 2.29. The number of aromatic nitrogens is 3. The summed E-state index contributed by atoms with van der Waals surface area (Å²) in [6.45, 7) is 6.54. The van der Waals surface area contributed by atoms with Crippen molar-refractivity contribution in [2.45, 2.75) is 45.7 Å². The largest absolute Gasteiger partial charge is 0.341 e. The molecule has 1 aliphatic heterocycles. The van der Waals surface area contributed by atoms with Crippen LogP contribution in [0.15, 0.2) is 12.7 Å². The molecule has 2 heterocycles. The van der Waals surface area contributed by atoms with Crippen molar-refractivity contribution in [1.82, 2.24) is 19.7 Å². The minimum atomic E-state index is -0.370. The number of amides is 1. The molecule has 6 nitrogen and oxygen atoms in total. The summed E-state index contributed by atoms with van der Waals surface area (Å²) in [5.74, 6) is 0.777. The van der Waals surface area contributed by atoms with Gasteiger partial charge in [-0.15, -0.1) is 24.8 Å². The number of nitrogens with two attached hydrogens (primary N) is 1. The van der Waals surface area contributed by atoms with Crippen molar-refractivity contribution in [2.24, 2.45) is 17.6 Å². The molecular weight excluding hydrogens is 325 g/mol. The fourth-order valence-corrected chi connectivity index (χ4v) is 2.71. The molecule has 1 saturated heterocycles. The number of piperidine rings is 1. The number of nitrogens with zero attached hydrogens (tertiary/aromatic N) is 4. The molecule has 0 aliphatic carbocycles. The van der Waals surface area contributed by atoms with Gasteiger partial charge in [0.1, 0.15) is 12.7 Å². The number of hydrogen-bond donors (Lipinski definition) is 1. The first kappa shape index (κ1) is 21.1. The molecule has 1 amide bonds. The summed E-state index contributed by atoms with van der Waals surface area (Å²) >= 11 is 0. The zero-order chi connectivity index (χ0) is 14.5. The van der Waals surface area contributed by atoms with Gasteiger partial charge in [-0.3, -0.25) is 9.48 Å². The molecule has 3 unspecified atom stereocenters. The van der Waals surface area contributed by atoms with Crippen LogP contribution >= 0.6 is 24.8 Å². The smallest absolute Gasteiger partial charge is 0.239 e. The summed E-state index contributed by atoms with van der Waals surface area (Å²) in [4.78, 5) is 18.3. The van der Waals surface area contributed by atoms with Crippen molar-refractivity contribution in [1.29, 1.82) is 0 Å². The first-order valence-corrected chi connectivity index (χ1v) is 7.48. The van der Waals surface area contributed by atoms with E-state index in [0.29, 0.717) is 5.92 Å². The van der Waals surface area contributed by atoms with Gasteiger partial charge in [-0.1, -0.05) is 20.3 Å². The Bertz CT molecular complexity index is 429. The van der Waals surface area contributed by atoms with Crippen LogP contribution < -0.4 is 5.73 Å². The molecule has 8 heteroatoms. The molecule has 1 fully saturated rings. The topological polar surface area (TPSA) is 77.0 Å². The van der Waals surface area contributed by atoms with E-state index < -0.39 is 0 Å². The van der Waals surface area contributed by atoms with Crippen LogP contribution in [-0.4, -0.2) is 44.7 Å². The lowest BCUT2D eigenvalue weighted by Crippen LogP contribution is -2.50. The lowest BCUT2D eigenvalue weighted by Gasteiger charge is -2.35. The fraction of sp³-hybridized carbons (Fsp3) is 0.786. The molecule has 22 heavy (non-hydrogen) atoms. The molecule has 3 atom stereocenters. The zero-order valence-electron chi connectivity index (χ0n) is 13.2. The lowest BCUT2D eigenvalue weighted by molar-refractivity contribution is -0.135. The first-order chi connectivity index (χ1) is 9.61. The highest BCUT2D eigenvalue weighted by atomic mass is 35.5. The van der Waals surface area contributed by atoms with Crippen LogP contribution in [0.1, 0.15) is 33.1 Å². The van der Waals surface area contributed by atoms with Gasteiger partial charge in [-0.2, -0.15) is 5.10 Å². The molecule has 1 aromatic heterocycles. The van der Waals surface area contributed by atoms with E-state index >= 15 is 0 Å². The average molecular weight is 352 g/mol. The number of carbonyl (C=O) groups excluding carboxylic acids is 1. The van der Waals surface area contributed by atoms with Crippen LogP contribution in [0.2, 0.25) is 0 Å². The summed E-state index contributed by atoms with van der Waals surface area (Å²) in [5, 5.41) is 4.13. The van der Waals surface area contributed by atoms with Crippen LogP contribution in [0.3, 0.4) is 0 Å². The maximum atomic E-state index is 12.4. The van der Waals surface area contributed by atoms with Gasteiger partial charge in [0.15, 0.2) is 0 Å². The number of halogens is 2. The number of likely N-dealkylation sites (tertiary alicyclic amines) is 1. The molecular formula is C14H27Cl2N5O. The molecule has 0 radical (unpaired) electrons. The second-order valence-electron chi connectivity index (χ2n) is 5.82. The van der Waals surface area contributed by atoms with E-state index in [4.69, 9.17) is 5.73 Å². The SMILES string of the molecule is CCC(C)C(N)C(=O)N1CCCC(Cn2cncn2)C1.Cl.Cl. The van der Waals surface area contributed by atoms with Gasteiger partial charge in [0.2, 0.25) is 5.91 Å². The minimum absolute atomic E-state index is 0. The molecule has 128 valence electrons. The van der Waals surface area contributed by atoms with E-state index in [1.165, 1.54) is 0 Å². The molecule has 1 aliphatic rings. The second kappa shape index (κ2) is 10.0. The summed E-state index contributed by atoms with van der Waals surface area (Å²) < 4.78 is 1.84. The van der Waals surface area contributed by atoms with Crippen LogP contribution in [-0.2, 0) is 11.3 Å². The molecule has 0 spiro atoms. The molecule has 2 rings (SSSR count). The number of carbonyl (C=O) groups is 1. The van der Waals surface area contributed by atoms with Crippen LogP contribution in [0, 0.1) is 11.8 Å². The average Bonchev–Trinajstić information content (AvgIpc) is 2.98. The Morgan fingerprint density at radius 2 is 2.18 bits per heavy atom. The standard InChI is InChI=1S/C14H25N5O.2ClH/c1-3-11(2)13(15)14(20)18-6-4-5-12(7-18)8-19-10-16-9-17-19;;/h9-13H,3-8,15H2,1-2H3;2*1H. The first-order valence-electron chi connectivity index (χ1n) is 7.48. The predicted molar refractivity (Wildman–Crippen MR) is 91.3 cm³/mol. The normalized spacial score (nSPS) is 20.5. The maximum Gasteiger partial charge on any atom is 0.239 e. The molecule has 0 aromatic carbocycles. The van der Waals surface area contributed by atoms with Crippen LogP contribution in [0.5, 0.6) is 0 Å². The van der Waals surface area contributed by atoms with Crippen LogP contribution in [0.4, 0.5) is 0 Å². The third-order valence-corrected chi connectivity index (χ3v) is 4.28. The van der Waals surface area contributed by atoms with Crippen molar-refractivity contribution in [3.05, 3.63) is 12.7 Å². The summed E-state index contributed by atoms with van der Waals surface area (Å²) in [6.07, 6.45) is 6.37. The van der Waals surface area contributed by atoms with E-state index in [1.807, 2.05) is 16.5 Å². The Kier molecular flexibility index (Phi) is 9.64. The van der Waals surface area contributed by atoms with Gasteiger partial charge in [0, 0.05) is 19.6 Å². The summed E-state index contributed by atoms with van der Waals surface area (Å²) in [6, 6.07) is -0.370. The van der Waals surface area contributed by atoms with Crippen molar-refractivity contribution in [2.75, 3.05) is 13.1 Å². The highest BCUT2D eigenvalue weighted by Crippen LogP contribution is 2.20. The van der Waals surface area contributed by atoms with Crippen molar-refractivity contribution in [3.8, 4) is 0 Å². The third kappa shape index (κ3) is 5.41. The Balaban J connectivity index is 0.00000220. The van der Waals surface area contributed by atoms with E-state index in [9.17, 15) is 4.79 Å². The highest BCUT2D eigenvalue weighted by molar-refractivity contribution is 5.85. The van der Waals surface area contributed by atoms with E-state index in [2.05, 4.69) is 17.0 Å². The van der Waals surface area contributed by atoms with Gasteiger partial charge in [0.05, 0.1) is 6.04 Å². The van der Waals surface area contributed by atoms with Gasteiger partial charge < -0.3 is 10.6 Å². The third-order valence-electron chi connectivity index (χ3n) is 4.28. The lowest BCUT2D eigenvalue weighted by atomic mass is 9.94. The quantitative estimate of drug-likeness (QED) is 0.876. The molecule has 0 bridgehead atoms. The molecule has 0 saturated carbocycles. The summed E-state index contributed by atoms with van der Waals surface area (Å²) in [7, 11) is 0. The zero-order valence-corrected chi connectivity index (χ0v) is 14.9. The van der Waals surface area contributed by atoms with Crippen molar-refractivity contribution in [3.63, 3.8) is 0 Å². The number of rotatable bonds is 5. The van der Waals surface area contributed by atoms with E-state index in [1.54, 1.807) is 12.7 Å². The Morgan fingerprint density at radius 1 is 1.45 bits per heavy atom. The predicted octanol–water partition coefficient (Wildman–Crippen LogP) is 1.73. The van der Waals surface area contributed by atoms with Gasteiger partial charge in [-0.05, 0) is 24.7 Å². The van der Waals surface area contributed by atoms with Crippen molar-refractivity contribution >= 4 is 30.7 Å². The Morgan fingerprint density at radius 3 is 2.77 bits per heavy atom. The number of hydrogen-bond acceptors (Lipinski definition) is 4. The van der Waals surface area contributed by atoms with Gasteiger partial charge in [0.25, 0.3) is 0 Å². The minimum Gasteiger partial charge on any atom is -0.341 e. The second-order valence-corrected chi connectivity index (χ2v) is 5.82. The Labute approximate surface area is 144 Å². The van der Waals surface area contributed by atoms with E-state index in [0.717, 1.165) is 38.9 Å². The van der Waals surface area contributed by atoms with Gasteiger partial charge in [-0.25, -0.2) is 4.98 Å². The van der Waals surface area contributed by atoms with E-state index in [-0.39, 0.29) is 42.7 Å². The molecule has 1 aromatic rings. The van der Waals surface area contributed by atoms with Crippen LogP contribution in [0.25, 0.3) is 0 Å². The fourth-order valence-electron chi connectivity index (χ4n) is 2.71. The summed E-state index contributed by atoms with van der Waals surface area (Å²) in [5.41, 5.74) is 6.06. The maximum absolute atomic E-state index is 12.4. The molecule has 2 N–H and O–H groups in total. The van der Waals surface area contributed by atoms with Crippen molar-refractivity contribution < 1.29 is 4.79 Å². The monoisotopic (exact) mass is 351 g/mol. The Hall–Kier alpha value is -0.850. The van der Waals surface area contributed by atoms with Gasteiger partial charge >= 0.3 is 0 Å².